The van der Waals surface area contributed by atoms with Gasteiger partial charge in [0.15, 0.2) is 5.60 Å². The van der Waals surface area contributed by atoms with Crippen molar-refractivity contribution in [2.75, 3.05) is 27.2 Å². The summed E-state index contributed by atoms with van der Waals surface area (Å²) in [4.78, 5) is 35.1. The summed E-state index contributed by atoms with van der Waals surface area (Å²) in [6, 6.07) is 4.10. The minimum Gasteiger partial charge on any atom is -0.481 e. The van der Waals surface area contributed by atoms with E-state index < -0.39 is 36.4 Å². The number of carboxylic acid groups (broad SMARTS) is 3. The Hall–Kier alpha value is -3.22. The van der Waals surface area contributed by atoms with Crippen molar-refractivity contribution in [3.8, 4) is 0 Å². The van der Waals surface area contributed by atoms with Crippen LogP contribution in [0.25, 0.3) is 0 Å². The minimum atomic E-state index is -2.74. The molecule has 2 heterocycles. The maximum atomic E-state index is 10.3. The van der Waals surface area contributed by atoms with Crippen molar-refractivity contribution in [1.29, 1.82) is 0 Å². The summed E-state index contributed by atoms with van der Waals surface area (Å²) >= 11 is 0. The molecule has 0 amide bonds. The third-order valence-electron chi connectivity index (χ3n) is 5.09. The zero-order chi connectivity index (χ0) is 26.8. The van der Waals surface area contributed by atoms with Crippen molar-refractivity contribution in [3.05, 3.63) is 41.1 Å². The van der Waals surface area contributed by atoms with Crippen molar-refractivity contribution >= 4 is 17.9 Å². The molecule has 0 saturated carbocycles. The van der Waals surface area contributed by atoms with Crippen LogP contribution in [0.4, 0.5) is 0 Å². The van der Waals surface area contributed by atoms with Gasteiger partial charge < -0.3 is 29.7 Å². The number of aryl methyl sites for hydroxylation is 3. The van der Waals surface area contributed by atoms with Gasteiger partial charge in [-0.25, -0.2) is 4.79 Å². The van der Waals surface area contributed by atoms with E-state index in [1.54, 1.807) is 0 Å². The zero-order valence-corrected chi connectivity index (χ0v) is 20.9. The van der Waals surface area contributed by atoms with E-state index in [0.29, 0.717) is 0 Å². The van der Waals surface area contributed by atoms with E-state index in [9.17, 15) is 14.4 Å². The Bertz CT molecular complexity index is 966. The first-order valence-electron chi connectivity index (χ1n) is 11.1. The molecule has 0 unspecified atom stereocenters. The fourth-order valence-electron chi connectivity index (χ4n) is 3.18. The van der Waals surface area contributed by atoms with E-state index in [-0.39, 0.29) is 0 Å². The van der Waals surface area contributed by atoms with Crippen molar-refractivity contribution in [3.63, 3.8) is 0 Å². The predicted molar refractivity (Wildman–Crippen MR) is 126 cm³/mol. The van der Waals surface area contributed by atoms with E-state index in [1.807, 2.05) is 17.7 Å². The third-order valence-corrected chi connectivity index (χ3v) is 5.09. The molecular weight excluding hydrogens is 460 g/mol. The number of likely N-dealkylation sites (N-methyl/N-ethyl adjacent to an activating group) is 1. The van der Waals surface area contributed by atoms with Gasteiger partial charge in [-0.15, -0.1) is 0 Å². The number of aromatic nitrogens is 2. The monoisotopic (exact) mass is 496 g/mol. The van der Waals surface area contributed by atoms with Crippen LogP contribution in [-0.4, -0.2) is 90.7 Å². The largest absolute Gasteiger partial charge is 0.481 e. The van der Waals surface area contributed by atoms with Crippen LogP contribution in [0, 0.1) is 13.8 Å². The first kappa shape index (κ1) is 29.8. The second-order valence-electron chi connectivity index (χ2n) is 8.60. The highest BCUT2D eigenvalue weighted by molar-refractivity contribution is 5.88. The van der Waals surface area contributed by atoms with Gasteiger partial charge in [-0.05, 0) is 47.0 Å². The zero-order valence-electron chi connectivity index (χ0n) is 20.9. The molecule has 0 fully saturated rings. The van der Waals surface area contributed by atoms with Gasteiger partial charge in [0, 0.05) is 37.9 Å². The van der Waals surface area contributed by atoms with Crippen LogP contribution in [0.3, 0.4) is 0 Å². The van der Waals surface area contributed by atoms with Gasteiger partial charge in [0.1, 0.15) is 11.5 Å². The van der Waals surface area contributed by atoms with Crippen LogP contribution in [0.2, 0.25) is 0 Å². The van der Waals surface area contributed by atoms with Gasteiger partial charge in [-0.1, -0.05) is 0 Å². The highest BCUT2D eigenvalue weighted by atomic mass is 16.4. The summed E-state index contributed by atoms with van der Waals surface area (Å²) in [5.74, 6) is -3.02. The molecule has 0 atom stereocenters. The second kappa shape index (κ2) is 13.6. The Labute approximate surface area is 204 Å². The normalized spacial score (nSPS) is 11.4. The lowest BCUT2D eigenvalue weighted by Crippen LogP contribution is -2.42. The molecule has 35 heavy (non-hydrogen) atoms. The lowest BCUT2D eigenvalue weighted by atomic mass is 9.96. The molecule has 0 bridgehead atoms. The van der Waals surface area contributed by atoms with E-state index in [1.165, 1.54) is 5.56 Å². The van der Waals surface area contributed by atoms with Gasteiger partial charge in [0.05, 0.1) is 25.1 Å². The Morgan fingerprint density at radius 2 is 1.63 bits per heavy atom. The van der Waals surface area contributed by atoms with Gasteiger partial charge in [-0.3, -0.25) is 19.2 Å². The van der Waals surface area contributed by atoms with Crippen LogP contribution in [0.1, 0.15) is 42.5 Å². The number of nitrogens with zero attached hydrogens (tertiary/aromatic N) is 4. The molecule has 0 aromatic carbocycles. The molecule has 12 heteroatoms. The average Bonchev–Trinajstić information content (AvgIpc) is 3.30. The molecule has 0 aliphatic carbocycles. The lowest BCUT2D eigenvalue weighted by molar-refractivity contribution is -0.170. The van der Waals surface area contributed by atoms with Crippen molar-refractivity contribution in [1.82, 2.24) is 19.6 Å². The number of carbonyl (C=O) groups is 3. The summed E-state index contributed by atoms with van der Waals surface area (Å²) in [6.07, 6.45) is -0.130. The fraction of sp³-hybridized carbons (Fsp3) is 0.565. The predicted octanol–water partition coefficient (Wildman–Crippen LogP) is 1.43. The number of aliphatic hydroxyl groups is 1. The second-order valence-corrected chi connectivity index (χ2v) is 8.60. The molecule has 0 aliphatic heterocycles. The smallest absolute Gasteiger partial charge is 0.336 e. The summed E-state index contributed by atoms with van der Waals surface area (Å²) in [7, 11) is 4.21. The van der Waals surface area contributed by atoms with Crippen LogP contribution < -0.4 is 0 Å². The SMILES string of the molecule is CCn1cc(CN(CCN(C)C)Cc2ccc(C)o2)c(C)n1.O=C(O)CC(O)(CC(=O)O)C(=O)O. The summed E-state index contributed by atoms with van der Waals surface area (Å²) in [5, 5.41) is 38.4. The molecule has 2 aromatic rings. The van der Waals surface area contributed by atoms with Gasteiger partial charge in [0.25, 0.3) is 0 Å². The van der Waals surface area contributed by atoms with E-state index in [0.717, 1.165) is 49.9 Å². The van der Waals surface area contributed by atoms with Crippen molar-refractivity contribution in [2.45, 2.75) is 58.8 Å². The van der Waals surface area contributed by atoms with Gasteiger partial charge in [-0.2, -0.15) is 5.10 Å². The molecule has 4 N–H and O–H groups in total. The molecule has 196 valence electrons. The number of hydrogen-bond acceptors (Lipinski definition) is 8. The van der Waals surface area contributed by atoms with Gasteiger partial charge in [0.2, 0.25) is 0 Å². The molecule has 2 rings (SSSR count). The fourth-order valence-corrected chi connectivity index (χ4v) is 3.18. The number of aliphatic carboxylic acids is 3. The van der Waals surface area contributed by atoms with Crippen LogP contribution in [0.15, 0.2) is 22.7 Å². The topological polar surface area (TPSA) is 170 Å². The van der Waals surface area contributed by atoms with E-state index in [2.05, 4.69) is 55.1 Å². The van der Waals surface area contributed by atoms with E-state index >= 15 is 0 Å². The van der Waals surface area contributed by atoms with Crippen LogP contribution >= 0.6 is 0 Å². The van der Waals surface area contributed by atoms with Gasteiger partial charge >= 0.3 is 17.9 Å². The molecule has 2 aromatic heterocycles. The number of hydrogen-bond donors (Lipinski definition) is 4. The summed E-state index contributed by atoms with van der Waals surface area (Å²) in [6.45, 7) is 10.9. The summed E-state index contributed by atoms with van der Waals surface area (Å²) in [5.41, 5.74) is -0.325. The summed E-state index contributed by atoms with van der Waals surface area (Å²) < 4.78 is 7.74. The minimum absolute atomic E-state index is 0.832. The highest BCUT2D eigenvalue weighted by Gasteiger charge is 2.40. The average molecular weight is 497 g/mol. The Balaban J connectivity index is 0.000000405. The number of furan rings is 1. The molecule has 0 saturated heterocycles. The maximum absolute atomic E-state index is 10.3. The maximum Gasteiger partial charge on any atom is 0.336 e. The van der Waals surface area contributed by atoms with Crippen LogP contribution in [0.5, 0.6) is 0 Å². The highest BCUT2D eigenvalue weighted by Crippen LogP contribution is 2.16. The number of rotatable bonds is 13. The molecular formula is C23H36N4O8. The Morgan fingerprint density at radius 3 is 2.03 bits per heavy atom. The standard InChI is InChI=1S/C17H28N4O.C6H8O7/c1-6-21-12-16(15(3)18-21)11-20(10-9-19(4)5)13-17-8-7-14(2)22-17;7-3(8)1-6(13,5(11)12)2-4(9)10/h7-8,12H,6,9-11,13H2,1-5H3;13H,1-2H2,(H,7,8)(H,9,10)(H,11,12). The molecule has 0 spiro atoms. The van der Waals surface area contributed by atoms with Crippen molar-refractivity contribution < 1.29 is 39.2 Å². The lowest BCUT2D eigenvalue weighted by Gasteiger charge is -2.23. The quantitative estimate of drug-likeness (QED) is 0.316. The first-order valence-corrected chi connectivity index (χ1v) is 11.1. The molecule has 0 aliphatic rings. The van der Waals surface area contributed by atoms with Crippen LogP contribution in [-0.2, 0) is 34.0 Å². The van der Waals surface area contributed by atoms with E-state index in [4.69, 9.17) is 24.8 Å². The molecule has 12 nitrogen and oxygen atoms in total. The first-order chi connectivity index (χ1) is 16.2. The number of carboxylic acids is 3. The molecule has 0 radical (unpaired) electrons. The Kier molecular flexibility index (Phi) is 11.6. The van der Waals surface area contributed by atoms with Crippen molar-refractivity contribution in [2.24, 2.45) is 0 Å². The Morgan fingerprint density at radius 1 is 1.03 bits per heavy atom. The third kappa shape index (κ3) is 10.7.